The Morgan fingerprint density at radius 2 is 1.87 bits per heavy atom. The van der Waals surface area contributed by atoms with Gasteiger partial charge in [0.2, 0.25) is 0 Å². The molecule has 1 saturated heterocycles. The molecule has 11 nitrogen and oxygen atoms in total. The van der Waals surface area contributed by atoms with Crippen LogP contribution in [0.5, 0.6) is 17.2 Å². The molecule has 4 aromatic rings. The molecule has 3 aliphatic heterocycles. The number of rotatable bonds is 4. The van der Waals surface area contributed by atoms with Gasteiger partial charge in [0.05, 0.1) is 24.9 Å². The Hall–Kier alpha value is -5.32. The van der Waals surface area contributed by atoms with Crippen LogP contribution in [-0.4, -0.2) is 71.4 Å². The van der Waals surface area contributed by atoms with E-state index in [9.17, 15) is 14.4 Å². The molecule has 0 unspecified atom stereocenters. The Balaban J connectivity index is 1.33. The van der Waals surface area contributed by atoms with E-state index in [2.05, 4.69) is 22.7 Å². The molecular formula is C36H39N5O6. The molecule has 3 amide bonds. The predicted octanol–water partition coefficient (Wildman–Crippen LogP) is 4.38. The second-order valence-corrected chi connectivity index (χ2v) is 11.8. The normalized spacial score (nSPS) is 18.2. The highest BCUT2D eigenvalue weighted by Gasteiger charge is 2.35. The first-order chi connectivity index (χ1) is 22.8. The van der Waals surface area contributed by atoms with E-state index >= 15 is 0 Å². The average Bonchev–Trinajstić information content (AvgIpc) is 3.46. The minimum Gasteiger partial charge on any atom is -0.496 e. The molecule has 244 valence electrons. The smallest absolute Gasteiger partial charge is 0.258 e. The predicted molar refractivity (Wildman–Crippen MR) is 176 cm³/mol. The Morgan fingerprint density at radius 1 is 1.04 bits per heavy atom. The van der Waals surface area contributed by atoms with Gasteiger partial charge in [-0.25, -0.2) is 0 Å². The zero-order valence-corrected chi connectivity index (χ0v) is 26.8. The van der Waals surface area contributed by atoms with Crippen molar-refractivity contribution >= 4 is 17.7 Å². The van der Waals surface area contributed by atoms with Gasteiger partial charge < -0.3 is 29.7 Å². The van der Waals surface area contributed by atoms with E-state index in [4.69, 9.17) is 14.2 Å². The second kappa shape index (κ2) is 14.0. The third-order valence-electron chi connectivity index (χ3n) is 8.60. The van der Waals surface area contributed by atoms with Crippen molar-refractivity contribution in [3.8, 4) is 28.4 Å². The van der Waals surface area contributed by atoms with Crippen LogP contribution in [0.25, 0.3) is 11.1 Å². The number of amides is 3. The maximum absolute atomic E-state index is 13.9. The van der Waals surface area contributed by atoms with Crippen LogP contribution < -0.4 is 24.8 Å². The quantitative estimate of drug-likeness (QED) is 0.341. The second-order valence-electron chi connectivity index (χ2n) is 11.8. The Kier molecular flexibility index (Phi) is 9.42. The number of piperidine rings is 1. The topological polar surface area (TPSA) is 124 Å². The van der Waals surface area contributed by atoms with Gasteiger partial charge in [-0.15, -0.1) is 0 Å². The maximum Gasteiger partial charge on any atom is 0.258 e. The minimum absolute atomic E-state index is 0.121. The zero-order chi connectivity index (χ0) is 32.9. The molecule has 1 fully saturated rings. The number of hydrogen-bond donors (Lipinski definition) is 2. The van der Waals surface area contributed by atoms with Gasteiger partial charge in [0.25, 0.3) is 17.7 Å². The minimum atomic E-state index is -0.502. The summed E-state index contributed by atoms with van der Waals surface area (Å²) in [6, 6.07) is 19.5. The number of likely N-dealkylation sites (tertiary alicyclic amines) is 1. The van der Waals surface area contributed by atoms with Gasteiger partial charge >= 0.3 is 0 Å². The zero-order valence-electron chi connectivity index (χ0n) is 26.8. The van der Waals surface area contributed by atoms with Crippen molar-refractivity contribution in [1.82, 2.24) is 25.3 Å². The third-order valence-corrected chi connectivity index (χ3v) is 8.60. The fraction of sp³-hybridized carbons (Fsp3) is 0.333. The van der Waals surface area contributed by atoms with Crippen LogP contribution in [0.2, 0.25) is 0 Å². The summed E-state index contributed by atoms with van der Waals surface area (Å²) in [7, 11) is 1.57. The molecule has 3 aliphatic rings. The first-order valence-corrected chi connectivity index (χ1v) is 15.9. The van der Waals surface area contributed by atoms with E-state index in [1.807, 2.05) is 54.1 Å². The summed E-state index contributed by atoms with van der Waals surface area (Å²) in [6.07, 6.45) is 2.66. The van der Waals surface area contributed by atoms with Crippen molar-refractivity contribution in [2.24, 2.45) is 0 Å². The van der Waals surface area contributed by atoms with E-state index in [0.29, 0.717) is 53.4 Å². The standard InChI is InChI=1S/C36H39N5O6/c1-4-15-41-23(2)30(20-38-41)36(44)40-16-14-33-31(21-40)39-35(43)26-10-13-32(45-3)29(18-26)25-6-5-7-28(17-25)46-22-34(42)37-19-24-8-11-27(47-33)12-9-24/h5-13,17-18,20,31,33H,4,14-16,19,21-22H2,1-3H3,(H,37,42)(H,39,43)/t31-,33-/m1/s1. The molecule has 1 aromatic heterocycles. The van der Waals surface area contributed by atoms with Crippen LogP contribution in [0.15, 0.2) is 72.9 Å². The summed E-state index contributed by atoms with van der Waals surface area (Å²) in [6.45, 7) is 5.63. The van der Waals surface area contributed by atoms with Crippen molar-refractivity contribution in [2.75, 3.05) is 26.8 Å². The van der Waals surface area contributed by atoms with Gasteiger partial charge in [0.15, 0.2) is 6.61 Å². The largest absolute Gasteiger partial charge is 0.496 e. The van der Waals surface area contributed by atoms with E-state index in [1.165, 1.54) is 0 Å². The number of methoxy groups -OCH3 is 1. The number of nitrogens with one attached hydrogen (secondary N) is 2. The number of carbonyl (C=O) groups excluding carboxylic acids is 3. The summed E-state index contributed by atoms with van der Waals surface area (Å²) in [4.78, 5) is 41.9. The summed E-state index contributed by atoms with van der Waals surface area (Å²) < 4.78 is 19.7. The van der Waals surface area contributed by atoms with E-state index < -0.39 is 12.1 Å². The number of nitrogens with zero attached hydrogens (tertiary/aromatic N) is 3. The number of aryl methyl sites for hydroxylation is 1. The summed E-state index contributed by atoms with van der Waals surface area (Å²) in [5.41, 5.74) is 4.16. The molecule has 6 bridgehead atoms. The number of fused-ring (bicyclic) bond motifs is 7. The van der Waals surface area contributed by atoms with Crippen LogP contribution >= 0.6 is 0 Å². The lowest BCUT2D eigenvalue weighted by molar-refractivity contribution is -0.123. The molecule has 0 radical (unpaired) electrons. The van der Waals surface area contributed by atoms with Crippen LogP contribution in [0.4, 0.5) is 0 Å². The molecule has 2 N–H and O–H groups in total. The number of carbonyl (C=O) groups is 3. The lowest BCUT2D eigenvalue weighted by Crippen LogP contribution is -2.58. The Morgan fingerprint density at radius 3 is 2.66 bits per heavy atom. The highest BCUT2D eigenvalue weighted by molar-refractivity contribution is 5.97. The van der Waals surface area contributed by atoms with Crippen molar-refractivity contribution in [3.05, 3.63) is 95.3 Å². The molecule has 7 rings (SSSR count). The molecule has 47 heavy (non-hydrogen) atoms. The number of hydrogen-bond acceptors (Lipinski definition) is 7. The van der Waals surface area contributed by atoms with E-state index in [1.54, 1.807) is 42.5 Å². The fourth-order valence-electron chi connectivity index (χ4n) is 6.00. The SMILES string of the molecule is CCCn1ncc(C(=O)N2CC[C@H]3Oc4ccc(cc4)CNC(=O)COc4cccc(c4)-c4cc(ccc4OC)C(=O)N[C@@H]3C2)c1C. The summed E-state index contributed by atoms with van der Waals surface area (Å²) >= 11 is 0. The first kappa shape index (κ1) is 31.7. The van der Waals surface area contributed by atoms with Gasteiger partial charge in [0.1, 0.15) is 23.4 Å². The van der Waals surface area contributed by atoms with Gasteiger partial charge in [0, 0.05) is 49.4 Å². The molecular weight excluding hydrogens is 598 g/mol. The van der Waals surface area contributed by atoms with Crippen molar-refractivity contribution in [1.29, 1.82) is 0 Å². The lowest BCUT2D eigenvalue weighted by Gasteiger charge is -2.39. The highest BCUT2D eigenvalue weighted by Crippen LogP contribution is 2.33. The molecule has 11 heteroatoms. The van der Waals surface area contributed by atoms with Gasteiger partial charge in [-0.1, -0.05) is 31.2 Å². The van der Waals surface area contributed by atoms with Crippen molar-refractivity contribution < 1.29 is 28.6 Å². The lowest BCUT2D eigenvalue weighted by atomic mass is 9.98. The molecule has 4 heterocycles. The van der Waals surface area contributed by atoms with Crippen LogP contribution in [0.3, 0.4) is 0 Å². The van der Waals surface area contributed by atoms with Crippen LogP contribution in [0.1, 0.15) is 51.7 Å². The number of aromatic nitrogens is 2. The summed E-state index contributed by atoms with van der Waals surface area (Å²) in [5.74, 6) is 1.04. The number of ether oxygens (including phenoxy) is 3. The molecule has 0 spiro atoms. The molecule has 3 aromatic carbocycles. The van der Waals surface area contributed by atoms with Crippen molar-refractivity contribution in [2.45, 2.75) is 51.9 Å². The molecule has 2 atom stereocenters. The number of benzene rings is 3. The molecule has 0 aliphatic carbocycles. The summed E-state index contributed by atoms with van der Waals surface area (Å²) in [5, 5.41) is 10.5. The van der Waals surface area contributed by atoms with Gasteiger partial charge in [-0.3, -0.25) is 19.1 Å². The Labute approximate surface area is 273 Å². The van der Waals surface area contributed by atoms with Crippen LogP contribution in [-0.2, 0) is 17.9 Å². The monoisotopic (exact) mass is 637 g/mol. The molecule has 0 saturated carbocycles. The third kappa shape index (κ3) is 7.09. The van der Waals surface area contributed by atoms with Crippen molar-refractivity contribution in [3.63, 3.8) is 0 Å². The van der Waals surface area contributed by atoms with Gasteiger partial charge in [-0.2, -0.15) is 5.10 Å². The Bertz CT molecular complexity index is 1770. The van der Waals surface area contributed by atoms with Crippen LogP contribution in [0, 0.1) is 6.92 Å². The fourth-order valence-corrected chi connectivity index (χ4v) is 6.00. The highest BCUT2D eigenvalue weighted by atomic mass is 16.5. The van der Waals surface area contributed by atoms with E-state index in [0.717, 1.165) is 29.8 Å². The average molecular weight is 638 g/mol. The first-order valence-electron chi connectivity index (χ1n) is 15.9. The van der Waals surface area contributed by atoms with E-state index in [-0.39, 0.29) is 30.9 Å². The van der Waals surface area contributed by atoms with Gasteiger partial charge in [-0.05, 0) is 66.9 Å². The maximum atomic E-state index is 13.9.